The average molecular weight is 255 g/mol. The molecule has 1 aliphatic heterocycles. The van der Waals surface area contributed by atoms with E-state index in [9.17, 15) is 4.79 Å². The molecule has 1 unspecified atom stereocenters. The molecule has 1 heterocycles. The number of hydrogen-bond donors (Lipinski definition) is 1. The molecule has 19 heavy (non-hydrogen) atoms. The second kappa shape index (κ2) is 7.70. The van der Waals surface area contributed by atoms with Gasteiger partial charge >= 0.3 is 0 Å². The maximum Gasteiger partial charge on any atom is 0.137 e. The first-order valence-electron chi connectivity index (χ1n) is 6.96. The minimum Gasteiger partial charge on any atom is -0.307 e. The van der Waals surface area contributed by atoms with Crippen LogP contribution in [0.15, 0.2) is 54.1 Å². The lowest BCUT2D eigenvalue weighted by Gasteiger charge is -2.04. The van der Waals surface area contributed by atoms with Crippen LogP contribution in [-0.2, 0) is 11.2 Å². The van der Waals surface area contributed by atoms with E-state index >= 15 is 0 Å². The highest BCUT2D eigenvalue weighted by atomic mass is 16.1. The molecule has 0 saturated carbocycles. The van der Waals surface area contributed by atoms with Gasteiger partial charge in [0.1, 0.15) is 6.29 Å². The van der Waals surface area contributed by atoms with Crippen LogP contribution in [0.4, 0.5) is 0 Å². The lowest BCUT2D eigenvalue weighted by molar-refractivity contribution is -0.109. The van der Waals surface area contributed by atoms with E-state index in [0.29, 0.717) is 0 Å². The molecule has 1 aliphatic rings. The molecule has 0 bridgehead atoms. The van der Waals surface area contributed by atoms with Crippen LogP contribution in [0.2, 0.25) is 0 Å². The van der Waals surface area contributed by atoms with Gasteiger partial charge in [0, 0.05) is 0 Å². The van der Waals surface area contributed by atoms with Gasteiger partial charge in [-0.15, -0.1) is 0 Å². The van der Waals surface area contributed by atoms with Crippen LogP contribution in [0.3, 0.4) is 0 Å². The van der Waals surface area contributed by atoms with Crippen molar-refractivity contribution in [1.82, 2.24) is 5.32 Å². The van der Waals surface area contributed by atoms with Crippen molar-refractivity contribution in [2.24, 2.45) is 0 Å². The Hall–Kier alpha value is -1.67. The Morgan fingerprint density at radius 1 is 1.26 bits per heavy atom. The summed E-state index contributed by atoms with van der Waals surface area (Å²) in [5.41, 5.74) is 2.72. The monoisotopic (exact) mass is 255 g/mol. The summed E-state index contributed by atoms with van der Waals surface area (Å²) in [6.07, 6.45) is 11.6. The van der Waals surface area contributed by atoms with Crippen molar-refractivity contribution in [1.29, 1.82) is 0 Å². The van der Waals surface area contributed by atoms with Gasteiger partial charge in [-0.25, -0.2) is 0 Å². The number of aldehydes is 1. The molecule has 0 aromatic heterocycles. The van der Waals surface area contributed by atoms with Crippen molar-refractivity contribution >= 4 is 6.29 Å². The first kappa shape index (κ1) is 13.8. The first-order chi connectivity index (χ1) is 9.38. The molecule has 0 radical (unpaired) electrons. The predicted octanol–water partition coefficient (Wildman–Crippen LogP) is 3.05. The predicted molar refractivity (Wildman–Crippen MR) is 79.1 cm³/mol. The molecular formula is C17H21NO. The normalized spacial score (nSPS) is 20.0. The van der Waals surface area contributed by atoms with Gasteiger partial charge in [-0.3, -0.25) is 0 Å². The largest absolute Gasteiger partial charge is 0.307 e. The van der Waals surface area contributed by atoms with Crippen LogP contribution in [0.5, 0.6) is 0 Å². The molecular weight excluding hydrogens is 234 g/mol. The van der Waals surface area contributed by atoms with Crippen LogP contribution in [0.25, 0.3) is 0 Å². The number of carbonyl (C=O) groups is 1. The Morgan fingerprint density at radius 2 is 2.11 bits per heavy atom. The van der Waals surface area contributed by atoms with Crippen molar-refractivity contribution in [2.45, 2.75) is 31.7 Å². The molecule has 2 heteroatoms. The van der Waals surface area contributed by atoms with Gasteiger partial charge in [0.2, 0.25) is 0 Å². The van der Waals surface area contributed by atoms with E-state index in [-0.39, 0.29) is 6.04 Å². The SMILES string of the molecule is O=CC1CC=C(/C=C/CCc2ccccc2)CCN1. The second-order valence-electron chi connectivity index (χ2n) is 4.89. The van der Waals surface area contributed by atoms with Gasteiger partial charge in [0.25, 0.3) is 0 Å². The van der Waals surface area contributed by atoms with Crippen LogP contribution in [0.1, 0.15) is 24.8 Å². The lowest BCUT2D eigenvalue weighted by atomic mass is 10.1. The number of hydrogen-bond acceptors (Lipinski definition) is 2. The average Bonchev–Trinajstić information content (AvgIpc) is 2.70. The van der Waals surface area contributed by atoms with Gasteiger partial charge in [0.05, 0.1) is 6.04 Å². The zero-order valence-corrected chi connectivity index (χ0v) is 11.2. The summed E-state index contributed by atoms with van der Waals surface area (Å²) >= 11 is 0. The molecule has 1 N–H and O–H groups in total. The maximum atomic E-state index is 10.7. The van der Waals surface area contributed by atoms with Crippen molar-refractivity contribution < 1.29 is 4.79 Å². The minimum absolute atomic E-state index is 0.00443. The Bertz CT molecular complexity index is 448. The van der Waals surface area contributed by atoms with Gasteiger partial charge in [-0.1, -0.05) is 54.1 Å². The molecule has 100 valence electrons. The first-order valence-corrected chi connectivity index (χ1v) is 6.96. The van der Waals surface area contributed by atoms with E-state index in [0.717, 1.165) is 38.5 Å². The summed E-state index contributed by atoms with van der Waals surface area (Å²) in [5.74, 6) is 0. The molecule has 0 aliphatic carbocycles. The summed E-state index contributed by atoms with van der Waals surface area (Å²) in [6, 6.07) is 10.5. The summed E-state index contributed by atoms with van der Waals surface area (Å²) in [6.45, 7) is 0.887. The maximum absolute atomic E-state index is 10.7. The van der Waals surface area contributed by atoms with E-state index in [4.69, 9.17) is 0 Å². The van der Waals surface area contributed by atoms with Crippen LogP contribution < -0.4 is 5.32 Å². The summed E-state index contributed by atoms with van der Waals surface area (Å²) in [7, 11) is 0. The Morgan fingerprint density at radius 3 is 2.89 bits per heavy atom. The molecule has 0 fully saturated rings. The van der Waals surface area contributed by atoms with Crippen molar-refractivity contribution in [3.63, 3.8) is 0 Å². The smallest absolute Gasteiger partial charge is 0.137 e. The third kappa shape index (κ3) is 4.84. The molecule has 2 rings (SSSR count). The minimum atomic E-state index is -0.00443. The van der Waals surface area contributed by atoms with Gasteiger partial charge in [0.15, 0.2) is 0 Å². The van der Waals surface area contributed by atoms with Gasteiger partial charge in [-0.2, -0.15) is 0 Å². The topological polar surface area (TPSA) is 29.1 Å². The zero-order chi connectivity index (χ0) is 13.3. The highest BCUT2D eigenvalue weighted by molar-refractivity contribution is 5.58. The van der Waals surface area contributed by atoms with E-state index in [1.165, 1.54) is 11.1 Å². The fourth-order valence-corrected chi connectivity index (χ4v) is 2.25. The Labute approximate surface area is 115 Å². The Balaban J connectivity index is 1.79. The molecule has 0 spiro atoms. The highest BCUT2D eigenvalue weighted by Crippen LogP contribution is 2.11. The van der Waals surface area contributed by atoms with E-state index in [2.05, 4.69) is 47.8 Å². The number of allylic oxidation sites excluding steroid dienone is 2. The van der Waals surface area contributed by atoms with Crippen molar-refractivity contribution in [3.8, 4) is 0 Å². The summed E-state index contributed by atoms with van der Waals surface area (Å²) < 4.78 is 0. The molecule has 0 amide bonds. The van der Waals surface area contributed by atoms with Crippen LogP contribution in [-0.4, -0.2) is 18.9 Å². The molecule has 0 saturated heterocycles. The van der Waals surface area contributed by atoms with Crippen molar-refractivity contribution in [2.75, 3.05) is 6.54 Å². The van der Waals surface area contributed by atoms with E-state index in [1.54, 1.807) is 0 Å². The van der Waals surface area contributed by atoms with Crippen LogP contribution >= 0.6 is 0 Å². The molecule has 1 atom stereocenters. The van der Waals surface area contributed by atoms with Crippen LogP contribution in [0, 0.1) is 0 Å². The second-order valence-corrected chi connectivity index (χ2v) is 4.89. The summed E-state index contributed by atoms with van der Waals surface area (Å²) in [4.78, 5) is 10.7. The number of nitrogens with one attached hydrogen (secondary N) is 1. The number of benzene rings is 1. The zero-order valence-electron chi connectivity index (χ0n) is 11.2. The fourth-order valence-electron chi connectivity index (χ4n) is 2.25. The molecule has 1 aromatic rings. The number of rotatable bonds is 5. The lowest BCUT2D eigenvalue weighted by Crippen LogP contribution is -2.29. The third-order valence-corrected chi connectivity index (χ3v) is 3.39. The molecule has 1 aromatic carbocycles. The van der Waals surface area contributed by atoms with Crippen molar-refractivity contribution in [3.05, 3.63) is 59.7 Å². The van der Waals surface area contributed by atoms with E-state index in [1.807, 2.05) is 6.07 Å². The van der Waals surface area contributed by atoms with E-state index < -0.39 is 0 Å². The number of carbonyl (C=O) groups excluding carboxylic acids is 1. The van der Waals surface area contributed by atoms with Gasteiger partial charge < -0.3 is 10.1 Å². The number of aryl methyl sites for hydroxylation is 1. The quantitative estimate of drug-likeness (QED) is 0.819. The van der Waals surface area contributed by atoms with Gasteiger partial charge in [-0.05, 0) is 37.8 Å². The fraction of sp³-hybridized carbons (Fsp3) is 0.353. The summed E-state index contributed by atoms with van der Waals surface area (Å²) in [5, 5.41) is 3.22. The third-order valence-electron chi connectivity index (χ3n) is 3.39. The standard InChI is InChI=1S/C17H21NO/c19-14-17-11-10-16(12-13-18-17)9-5-4-8-15-6-2-1-3-7-15/h1-3,5-7,9-10,14,17-18H,4,8,11-13H2/b9-5+. The highest BCUT2D eigenvalue weighted by Gasteiger charge is 2.08. The molecule has 2 nitrogen and oxygen atoms in total. The Kier molecular flexibility index (Phi) is 5.57.